The predicted molar refractivity (Wildman–Crippen MR) is 207 cm³/mol. The Morgan fingerprint density at radius 1 is 0.440 bits per heavy atom. The van der Waals surface area contributed by atoms with Crippen LogP contribution < -0.4 is 0 Å². The number of benzene rings is 6. The molecule has 0 aliphatic rings. The molecule has 242 valence electrons. The highest BCUT2D eigenvalue weighted by molar-refractivity contribution is 6.13. The van der Waals surface area contributed by atoms with Gasteiger partial charge in [-0.2, -0.15) is 10.5 Å². The van der Waals surface area contributed by atoms with Crippen molar-refractivity contribution in [3.8, 4) is 34.6 Å². The molecule has 4 nitrogen and oxygen atoms in total. The van der Waals surface area contributed by atoms with E-state index in [9.17, 15) is 10.5 Å². The Labute approximate surface area is 293 Å². The lowest BCUT2D eigenvalue weighted by Crippen LogP contribution is -2.10. The predicted octanol–water partition coefficient (Wildman–Crippen LogP) is 11.9. The fourth-order valence-corrected chi connectivity index (χ4v) is 7.40. The second kappa shape index (κ2) is 11.2. The molecule has 50 heavy (non-hydrogen) atoms. The van der Waals surface area contributed by atoms with Gasteiger partial charge in [0.1, 0.15) is 12.1 Å². The Hall–Kier alpha value is -6.10. The van der Waals surface area contributed by atoms with Crippen LogP contribution in [0, 0.1) is 22.7 Å². The van der Waals surface area contributed by atoms with E-state index >= 15 is 0 Å². The molecule has 0 amide bonds. The first-order chi connectivity index (χ1) is 24.0. The number of hydrogen-bond donors (Lipinski definition) is 0. The first-order valence-corrected chi connectivity index (χ1v) is 17.1. The van der Waals surface area contributed by atoms with Crippen LogP contribution in [0.25, 0.3) is 66.1 Å². The van der Waals surface area contributed by atoms with Crippen LogP contribution in [0.2, 0.25) is 0 Å². The molecule has 0 bridgehead atoms. The van der Waals surface area contributed by atoms with E-state index in [0.29, 0.717) is 16.8 Å². The molecule has 2 aromatic heterocycles. The number of fused-ring (bicyclic) bond motifs is 6. The van der Waals surface area contributed by atoms with Gasteiger partial charge in [0.05, 0.1) is 38.9 Å². The minimum atomic E-state index is -0.0503. The van der Waals surface area contributed by atoms with E-state index in [0.717, 1.165) is 44.1 Å². The number of nitriles is 2. The van der Waals surface area contributed by atoms with E-state index in [1.165, 1.54) is 27.4 Å². The number of para-hydroxylation sites is 2. The van der Waals surface area contributed by atoms with Gasteiger partial charge in [-0.15, -0.1) is 0 Å². The maximum Gasteiger partial charge on any atom is 0.101 e. The zero-order chi connectivity index (χ0) is 34.9. The molecule has 0 radical (unpaired) electrons. The van der Waals surface area contributed by atoms with Crippen molar-refractivity contribution in [3.05, 3.63) is 144 Å². The van der Waals surface area contributed by atoms with Crippen LogP contribution in [0.5, 0.6) is 0 Å². The molecule has 0 atom stereocenters. The summed E-state index contributed by atoms with van der Waals surface area (Å²) < 4.78 is 4.48. The Kier molecular flexibility index (Phi) is 7.00. The highest BCUT2D eigenvalue weighted by Crippen LogP contribution is 2.41. The fraction of sp³-hybridized carbons (Fsp3) is 0.174. The third-order valence-corrected chi connectivity index (χ3v) is 10.1. The van der Waals surface area contributed by atoms with Gasteiger partial charge >= 0.3 is 0 Å². The molecule has 8 aromatic rings. The molecule has 0 N–H and O–H groups in total. The first kappa shape index (κ1) is 31.2. The summed E-state index contributed by atoms with van der Waals surface area (Å²) in [6.07, 6.45) is 0. The van der Waals surface area contributed by atoms with E-state index < -0.39 is 0 Å². The van der Waals surface area contributed by atoms with Crippen LogP contribution in [-0.2, 0) is 10.8 Å². The van der Waals surface area contributed by atoms with E-state index in [1.807, 2.05) is 0 Å². The average molecular weight is 647 g/mol. The topological polar surface area (TPSA) is 57.4 Å². The van der Waals surface area contributed by atoms with Crippen LogP contribution in [0.3, 0.4) is 0 Å². The summed E-state index contributed by atoms with van der Waals surface area (Å²) in [6, 6.07) is 47.5. The number of nitrogens with zero attached hydrogens (tertiary/aromatic N) is 4. The molecule has 0 saturated heterocycles. The average Bonchev–Trinajstić information content (AvgIpc) is 3.61. The summed E-state index contributed by atoms with van der Waals surface area (Å²) in [7, 11) is 0. The quantitative estimate of drug-likeness (QED) is 0.192. The summed E-state index contributed by atoms with van der Waals surface area (Å²) in [6.45, 7) is 13.5. The van der Waals surface area contributed by atoms with Gasteiger partial charge in [0.15, 0.2) is 0 Å². The maximum atomic E-state index is 10.1. The summed E-state index contributed by atoms with van der Waals surface area (Å²) >= 11 is 0. The molecule has 4 heteroatoms. The summed E-state index contributed by atoms with van der Waals surface area (Å²) in [5.74, 6) is 0. The second-order valence-corrected chi connectivity index (χ2v) is 15.4. The second-order valence-electron chi connectivity index (χ2n) is 15.4. The Bertz CT molecular complexity index is 2700. The van der Waals surface area contributed by atoms with E-state index in [-0.39, 0.29) is 10.8 Å². The minimum Gasteiger partial charge on any atom is -0.309 e. The lowest BCUT2D eigenvalue weighted by Gasteiger charge is -2.19. The highest BCUT2D eigenvalue weighted by Gasteiger charge is 2.22. The minimum absolute atomic E-state index is 0.0402. The van der Waals surface area contributed by atoms with Gasteiger partial charge in [-0.05, 0) is 99.8 Å². The van der Waals surface area contributed by atoms with Crippen molar-refractivity contribution in [3.63, 3.8) is 0 Å². The Morgan fingerprint density at radius 3 is 1.52 bits per heavy atom. The molecular weight excluding hydrogens is 609 g/mol. The van der Waals surface area contributed by atoms with Crippen LogP contribution in [0.1, 0.15) is 63.8 Å². The lowest BCUT2D eigenvalue weighted by atomic mass is 9.86. The van der Waals surface area contributed by atoms with Crippen molar-refractivity contribution < 1.29 is 0 Å². The van der Waals surface area contributed by atoms with Crippen molar-refractivity contribution in [1.82, 2.24) is 9.13 Å². The van der Waals surface area contributed by atoms with Crippen molar-refractivity contribution >= 4 is 43.6 Å². The summed E-state index contributed by atoms with van der Waals surface area (Å²) in [5.41, 5.74) is 11.7. The van der Waals surface area contributed by atoms with Crippen molar-refractivity contribution in [2.24, 2.45) is 0 Å². The molecule has 8 rings (SSSR count). The van der Waals surface area contributed by atoms with Gasteiger partial charge < -0.3 is 9.13 Å². The fourth-order valence-electron chi connectivity index (χ4n) is 7.40. The normalized spacial score (nSPS) is 12.2. The van der Waals surface area contributed by atoms with Crippen LogP contribution in [-0.4, -0.2) is 9.13 Å². The largest absolute Gasteiger partial charge is 0.309 e. The van der Waals surface area contributed by atoms with Crippen molar-refractivity contribution in [1.29, 1.82) is 10.5 Å². The van der Waals surface area contributed by atoms with Crippen LogP contribution in [0.4, 0.5) is 0 Å². The molecule has 6 aromatic carbocycles. The van der Waals surface area contributed by atoms with Gasteiger partial charge in [-0.3, -0.25) is 0 Å². The summed E-state index contributed by atoms with van der Waals surface area (Å²) in [5, 5.41) is 25.0. The molecule has 2 heterocycles. The Morgan fingerprint density at radius 2 is 0.940 bits per heavy atom. The van der Waals surface area contributed by atoms with Gasteiger partial charge in [0, 0.05) is 27.2 Å². The molecule has 0 saturated carbocycles. The Balaban J connectivity index is 1.41. The molecule has 0 unspecified atom stereocenters. The standard InChI is InChI=1S/C46H38N4/c1-45(2,3)33-17-21-40-38(25-33)36-19-15-30(24-43(36)49(40)35-13-8-7-9-14-35)29-16-20-41-37(23-29)39-26-34(46(4,5)6)18-22-42(39)50(41)44-31(27-47)11-10-12-32(44)28-48/h7-26H,1-6H3. The number of hydrogen-bond acceptors (Lipinski definition) is 2. The third kappa shape index (κ3) is 4.88. The van der Waals surface area contributed by atoms with Gasteiger partial charge in [-0.25, -0.2) is 0 Å². The van der Waals surface area contributed by atoms with E-state index in [2.05, 4.69) is 166 Å². The molecular formula is C46H38N4. The van der Waals surface area contributed by atoms with Crippen molar-refractivity contribution in [2.45, 2.75) is 52.4 Å². The first-order valence-electron chi connectivity index (χ1n) is 17.1. The zero-order valence-electron chi connectivity index (χ0n) is 29.3. The molecule has 0 spiro atoms. The number of rotatable bonds is 3. The third-order valence-electron chi connectivity index (χ3n) is 10.1. The maximum absolute atomic E-state index is 10.1. The smallest absolute Gasteiger partial charge is 0.101 e. The van der Waals surface area contributed by atoms with Gasteiger partial charge in [-0.1, -0.05) is 96.1 Å². The highest BCUT2D eigenvalue weighted by atomic mass is 15.0. The van der Waals surface area contributed by atoms with Crippen molar-refractivity contribution in [2.75, 3.05) is 0 Å². The monoisotopic (exact) mass is 646 g/mol. The molecule has 0 aliphatic carbocycles. The van der Waals surface area contributed by atoms with Crippen LogP contribution in [0.15, 0.2) is 121 Å². The van der Waals surface area contributed by atoms with E-state index in [4.69, 9.17) is 0 Å². The zero-order valence-corrected chi connectivity index (χ0v) is 29.3. The number of aromatic nitrogens is 2. The lowest BCUT2D eigenvalue weighted by molar-refractivity contribution is 0.591. The molecule has 0 fully saturated rings. The van der Waals surface area contributed by atoms with Gasteiger partial charge in [0.2, 0.25) is 0 Å². The SMILES string of the molecule is CC(C)(C)c1ccc2c(c1)c1ccc(-c3ccc4c(c3)c3cc(C(C)(C)C)ccc3n4-c3c(C#N)cccc3C#N)cc1n2-c1ccccc1. The van der Waals surface area contributed by atoms with Crippen LogP contribution >= 0.6 is 0 Å². The van der Waals surface area contributed by atoms with E-state index in [1.54, 1.807) is 18.2 Å². The summed E-state index contributed by atoms with van der Waals surface area (Å²) in [4.78, 5) is 0. The van der Waals surface area contributed by atoms with Gasteiger partial charge in [0.25, 0.3) is 0 Å². The molecule has 0 aliphatic heterocycles.